The Balaban J connectivity index is 2.28. The van der Waals surface area contributed by atoms with Crippen LogP contribution in [0.4, 0.5) is 11.4 Å². The minimum atomic E-state index is -0.714. The van der Waals surface area contributed by atoms with Crippen LogP contribution in [0.15, 0.2) is 18.2 Å². The van der Waals surface area contributed by atoms with Gasteiger partial charge in [-0.15, -0.1) is 0 Å². The Labute approximate surface area is 97.8 Å². The van der Waals surface area contributed by atoms with Gasteiger partial charge in [0, 0.05) is 24.8 Å². The van der Waals surface area contributed by atoms with Crippen molar-refractivity contribution in [2.75, 3.05) is 18.0 Å². The molecule has 1 saturated heterocycles. The molecule has 0 saturated carbocycles. The summed E-state index contributed by atoms with van der Waals surface area (Å²) in [4.78, 5) is 11.9. The second-order valence-electron chi connectivity index (χ2n) is 4.42. The average Bonchev–Trinajstić information content (AvgIpc) is 2.24. The summed E-state index contributed by atoms with van der Waals surface area (Å²) >= 11 is 0. The molecule has 0 aliphatic carbocycles. The third kappa shape index (κ3) is 2.05. The van der Waals surface area contributed by atoms with Crippen LogP contribution in [-0.4, -0.2) is 28.7 Å². The number of β-amino-alcohol motifs (C(OH)–C–C–N with tert-alkyl or cyclic N) is 1. The first-order valence-corrected chi connectivity index (χ1v) is 5.09. The Kier molecular flexibility index (Phi) is 2.48. The standard InChI is InChI=1S/C11H11N3O3/c1-11(15)6-13(7-11)9-2-3-10(14(16)17)8(4-9)5-12/h2-4,15H,6-7H2,1H3. The molecule has 6 heteroatoms. The number of nitrogens with zero attached hydrogens (tertiary/aromatic N) is 3. The summed E-state index contributed by atoms with van der Waals surface area (Å²) in [5, 5.41) is 29.1. The van der Waals surface area contributed by atoms with E-state index in [2.05, 4.69) is 0 Å². The van der Waals surface area contributed by atoms with Gasteiger partial charge >= 0.3 is 0 Å². The van der Waals surface area contributed by atoms with E-state index in [0.717, 1.165) is 5.69 Å². The first kappa shape index (κ1) is 11.4. The highest BCUT2D eigenvalue weighted by Gasteiger charge is 2.36. The zero-order valence-electron chi connectivity index (χ0n) is 9.25. The molecular weight excluding hydrogens is 222 g/mol. The van der Waals surface area contributed by atoms with Crippen LogP contribution < -0.4 is 4.90 Å². The highest BCUT2D eigenvalue weighted by atomic mass is 16.6. The summed E-state index contributed by atoms with van der Waals surface area (Å²) in [5.74, 6) is 0. The molecule has 1 N–H and O–H groups in total. The molecule has 6 nitrogen and oxygen atoms in total. The molecule has 1 aliphatic rings. The molecule has 2 rings (SSSR count). The Morgan fingerprint density at radius 1 is 1.59 bits per heavy atom. The van der Waals surface area contributed by atoms with Crippen molar-refractivity contribution >= 4 is 11.4 Å². The van der Waals surface area contributed by atoms with Crippen molar-refractivity contribution in [1.82, 2.24) is 0 Å². The number of nitro benzene ring substituents is 1. The van der Waals surface area contributed by atoms with Crippen molar-refractivity contribution in [2.24, 2.45) is 0 Å². The molecule has 0 radical (unpaired) electrons. The van der Waals surface area contributed by atoms with E-state index in [9.17, 15) is 15.2 Å². The number of benzene rings is 1. The first-order chi connectivity index (χ1) is 7.93. The predicted molar refractivity (Wildman–Crippen MR) is 60.6 cm³/mol. The number of hydrogen-bond acceptors (Lipinski definition) is 5. The van der Waals surface area contributed by atoms with Crippen LogP contribution in [0.3, 0.4) is 0 Å². The molecule has 1 aliphatic heterocycles. The van der Waals surface area contributed by atoms with Gasteiger partial charge in [0.1, 0.15) is 11.6 Å². The summed E-state index contributed by atoms with van der Waals surface area (Å²) in [7, 11) is 0. The molecule has 0 aromatic heterocycles. The fraction of sp³-hybridized carbons (Fsp3) is 0.364. The van der Waals surface area contributed by atoms with E-state index in [1.807, 2.05) is 11.0 Å². The van der Waals surface area contributed by atoms with Gasteiger partial charge in [0.2, 0.25) is 0 Å². The molecule has 1 aromatic carbocycles. The van der Waals surface area contributed by atoms with Gasteiger partial charge in [-0.2, -0.15) is 5.26 Å². The molecule has 1 fully saturated rings. The highest BCUT2D eigenvalue weighted by molar-refractivity contribution is 5.61. The van der Waals surface area contributed by atoms with Gasteiger partial charge in [0.05, 0.1) is 10.5 Å². The Hall–Kier alpha value is -2.13. The van der Waals surface area contributed by atoms with E-state index >= 15 is 0 Å². The Bertz CT molecular complexity index is 511. The summed E-state index contributed by atoms with van der Waals surface area (Å²) in [5.41, 5.74) is -0.143. The van der Waals surface area contributed by atoms with Crippen LogP contribution in [0, 0.1) is 21.4 Å². The van der Waals surface area contributed by atoms with Crippen LogP contribution in [0.5, 0.6) is 0 Å². The number of rotatable bonds is 2. The minimum absolute atomic E-state index is 0.0408. The van der Waals surface area contributed by atoms with Gasteiger partial charge < -0.3 is 10.0 Å². The van der Waals surface area contributed by atoms with E-state index < -0.39 is 10.5 Å². The van der Waals surface area contributed by atoms with Gasteiger partial charge in [-0.25, -0.2) is 0 Å². The third-order valence-electron chi connectivity index (χ3n) is 2.73. The van der Waals surface area contributed by atoms with Crippen LogP contribution in [0.2, 0.25) is 0 Å². The average molecular weight is 233 g/mol. The molecule has 0 spiro atoms. The number of anilines is 1. The first-order valence-electron chi connectivity index (χ1n) is 5.09. The Morgan fingerprint density at radius 3 is 2.71 bits per heavy atom. The van der Waals surface area contributed by atoms with Gasteiger partial charge in [0.25, 0.3) is 5.69 Å². The lowest BCUT2D eigenvalue weighted by molar-refractivity contribution is -0.385. The lowest BCUT2D eigenvalue weighted by Gasteiger charge is -2.45. The molecule has 0 unspecified atom stereocenters. The SMILES string of the molecule is CC1(O)CN(c2ccc([N+](=O)[O-])c(C#N)c2)C1. The van der Waals surface area contributed by atoms with Crippen LogP contribution in [-0.2, 0) is 0 Å². The number of nitriles is 1. The number of aliphatic hydroxyl groups is 1. The summed E-state index contributed by atoms with van der Waals surface area (Å²) in [6, 6.07) is 6.20. The second kappa shape index (κ2) is 3.71. The zero-order chi connectivity index (χ0) is 12.6. The van der Waals surface area contributed by atoms with E-state index in [1.54, 1.807) is 13.0 Å². The largest absolute Gasteiger partial charge is 0.386 e. The van der Waals surface area contributed by atoms with Crippen molar-refractivity contribution in [3.05, 3.63) is 33.9 Å². The summed E-state index contributed by atoms with van der Waals surface area (Å²) in [6.07, 6.45) is 0. The van der Waals surface area contributed by atoms with Crippen molar-refractivity contribution in [3.63, 3.8) is 0 Å². The highest BCUT2D eigenvalue weighted by Crippen LogP contribution is 2.30. The molecule has 0 bridgehead atoms. The number of nitro groups is 1. The van der Waals surface area contributed by atoms with Gasteiger partial charge in [-0.05, 0) is 19.1 Å². The minimum Gasteiger partial charge on any atom is -0.386 e. The monoisotopic (exact) mass is 233 g/mol. The quantitative estimate of drug-likeness (QED) is 0.608. The van der Waals surface area contributed by atoms with Crippen LogP contribution in [0.1, 0.15) is 12.5 Å². The Morgan fingerprint density at radius 2 is 2.24 bits per heavy atom. The smallest absolute Gasteiger partial charge is 0.287 e. The fourth-order valence-corrected chi connectivity index (χ4v) is 1.93. The number of hydrogen-bond donors (Lipinski definition) is 1. The third-order valence-corrected chi connectivity index (χ3v) is 2.73. The lowest BCUT2D eigenvalue weighted by atomic mass is 9.96. The zero-order valence-corrected chi connectivity index (χ0v) is 9.25. The van der Waals surface area contributed by atoms with Gasteiger partial charge in [-0.3, -0.25) is 10.1 Å². The lowest BCUT2D eigenvalue weighted by Crippen LogP contribution is -2.60. The molecule has 0 atom stereocenters. The van der Waals surface area contributed by atoms with E-state index in [1.165, 1.54) is 12.1 Å². The maximum absolute atomic E-state index is 10.6. The molecule has 1 aromatic rings. The molecule has 0 amide bonds. The molecule has 17 heavy (non-hydrogen) atoms. The normalized spacial score (nSPS) is 17.1. The second-order valence-corrected chi connectivity index (χ2v) is 4.42. The maximum atomic E-state index is 10.6. The predicted octanol–water partition coefficient (Wildman–Crippen LogP) is 1.04. The van der Waals surface area contributed by atoms with Gasteiger partial charge in [0.15, 0.2) is 0 Å². The van der Waals surface area contributed by atoms with Gasteiger partial charge in [-0.1, -0.05) is 0 Å². The fourth-order valence-electron chi connectivity index (χ4n) is 1.93. The van der Waals surface area contributed by atoms with Crippen molar-refractivity contribution < 1.29 is 10.0 Å². The van der Waals surface area contributed by atoms with E-state index in [0.29, 0.717) is 13.1 Å². The van der Waals surface area contributed by atoms with Crippen molar-refractivity contribution in [3.8, 4) is 6.07 Å². The van der Waals surface area contributed by atoms with E-state index in [-0.39, 0.29) is 11.3 Å². The molecule has 88 valence electrons. The molecule has 1 heterocycles. The molecular formula is C11H11N3O3. The van der Waals surface area contributed by atoms with Crippen LogP contribution in [0.25, 0.3) is 0 Å². The van der Waals surface area contributed by atoms with Crippen molar-refractivity contribution in [2.45, 2.75) is 12.5 Å². The van der Waals surface area contributed by atoms with E-state index in [4.69, 9.17) is 5.26 Å². The summed E-state index contributed by atoms with van der Waals surface area (Å²) in [6.45, 7) is 2.66. The topological polar surface area (TPSA) is 90.4 Å². The van der Waals surface area contributed by atoms with Crippen molar-refractivity contribution in [1.29, 1.82) is 5.26 Å². The summed E-state index contributed by atoms with van der Waals surface area (Å²) < 4.78 is 0. The van der Waals surface area contributed by atoms with Crippen LogP contribution >= 0.6 is 0 Å². The maximum Gasteiger partial charge on any atom is 0.287 e.